The lowest BCUT2D eigenvalue weighted by molar-refractivity contribution is -0.149. The average Bonchev–Trinajstić information content (AvgIpc) is 3.11. The number of rotatable bonds is 15. The number of esters is 1. The van der Waals surface area contributed by atoms with Gasteiger partial charge in [0.05, 0.1) is 25.4 Å². The Morgan fingerprint density at radius 1 is 1.28 bits per heavy atom. The van der Waals surface area contributed by atoms with Crippen molar-refractivity contribution in [3.05, 3.63) is 22.7 Å². The van der Waals surface area contributed by atoms with Gasteiger partial charge in [0.15, 0.2) is 0 Å². The Hall–Kier alpha value is -2.25. The quantitative estimate of drug-likeness (QED) is 0.208. The summed E-state index contributed by atoms with van der Waals surface area (Å²) in [4.78, 5) is 50.5. The number of ether oxygens (including phenoxy) is 2. The van der Waals surface area contributed by atoms with Gasteiger partial charge in [0, 0.05) is 18.5 Å². The molecule has 1 aliphatic rings. The van der Waals surface area contributed by atoms with Crippen LogP contribution in [0.25, 0.3) is 0 Å². The van der Waals surface area contributed by atoms with Crippen LogP contribution in [-0.4, -0.2) is 63.2 Å². The Labute approximate surface area is 226 Å². The smallest absolute Gasteiger partial charge is 0.403 e. The molecule has 1 unspecified atom stereocenters. The fourth-order valence-electron chi connectivity index (χ4n) is 4.09. The molecular weight excluding hydrogens is 541 g/mol. The number of carbonyl (C=O) groups excluding carboxylic acids is 2. The Bertz CT molecular complexity index is 1080. The van der Waals surface area contributed by atoms with E-state index < -0.39 is 69.3 Å². The zero-order valence-corrected chi connectivity index (χ0v) is 23.8. The first-order valence-electron chi connectivity index (χ1n) is 13.0. The van der Waals surface area contributed by atoms with Gasteiger partial charge in [0.1, 0.15) is 18.0 Å². The zero-order chi connectivity index (χ0) is 29.4. The Balaban J connectivity index is 1.96. The van der Waals surface area contributed by atoms with Crippen LogP contribution in [0.4, 0.5) is 14.6 Å². The second kappa shape index (κ2) is 14.4. The third-order valence-electron chi connectivity index (χ3n) is 5.96. The number of nitrogens with zero attached hydrogens (tertiary/aromatic N) is 2. The fourth-order valence-corrected chi connectivity index (χ4v) is 5.13. The third-order valence-corrected chi connectivity index (χ3v) is 7.17. The van der Waals surface area contributed by atoms with Gasteiger partial charge >= 0.3 is 19.4 Å². The van der Waals surface area contributed by atoms with Gasteiger partial charge in [0.25, 0.3) is 5.92 Å². The van der Waals surface area contributed by atoms with Gasteiger partial charge in [-0.3, -0.25) is 18.7 Å². The van der Waals surface area contributed by atoms with Crippen LogP contribution in [0.2, 0.25) is 0 Å². The van der Waals surface area contributed by atoms with Gasteiger partial charge in [-0.1, -0.05) is 26.7 Å². The van der Waals surface area contributed by atoms with E-state index >= 15 is 0 Å². The normalized spacial score (nSPS) is 21.1. The lowest BCUT2D eigenvalue weighted by Gasteiger charge is -2.20. The minimum Gasteiger partial charge on any atom is -0.462 e. The van der Waals surface area contributed by atoms with Crippen LogP contribution >= 0.6 is 7.75 Å². The summed E-state index contributed by atoms with van der Waals surface area (Å²) >= 11 is 0. The first-order valence-corrected chi connectivity index (χ1v) is 14.6. The first kappa shape index (κ1) is 33.0. The maximum Gasteiger partial charge on any atom is 0.403 e. The molecule has 1 aromatic heterocycles. The molecule has 0 radical (unpaired) electrons. The van der Waals surface area contributed by atoms with Crippen LogP contribution in [0, 0.1) is 5.92 Å². The van der Waals surface area contributed by atoms with Crippen molar-refractivity contribution in [2.75, 3.05) is 11.9 Å². The van der Waals surface area contributed by atoms with E-state index in [1.807, 2.05) is 13.8 Å². The molecular formula is C24H39F2N4O8P. The van der Waals surface area contributed by atoms with Gasteiger partial charge in [0.2, 0.25) is 5.91 Å². The summed E-state index contributed by atoms with van der Waals surface area (Å²) in [6, 6.07) is 0.166. The van der Waals surface area contributed by atoms with Crippen LogP contribution < -0.4 is 16.1 Å². The van der Waals surface area contributed by atoms with Crippen molar-refractivity contribution in [2.45, 2.75) is 104 Å². The predicted octanol–water partition coefficient (Wildman–Crippen LogP) is 3.24. The van der Waals surface area contributed by atoms with E-state index in [2.05, 4.69) is 15.4 Å². The number of hydrogen-bond donors (Lipinski definition) is 3. The Morgan fingerprint density at radius 2 is 1.92 bits per heavy atom. The number of hydrogen-bond acceptors (Lipinski definition) is 8. The molecule has 2 rings (SSSR count). The molecule has 12 nitrogen and oxygen atoms in total. The van der Waals surface area contributed by atoms with Gasteiger partial charge < -0.3 is 19.7 Å². The third kappa shape index (κ3) is 10.3. The Morgan fingerprint density at radius 3 is 2.49 bits per heavy atom. The van der Waals surface area contributed by atoms with Crippen LogP contribution in [0.15, 0.2) is 17.1 Å². The molecule has 0 saturated carbocycles. The van der Waals surface area contributed by atoms with Crippen molar-refractivity contribution >= 4 is 25.4 Å². The average molecular weight is 581 g/mol. The molecule has 15 heteroatoms. The first-order chi connectivity index (χ1) is 18.2. The fraction of sp³-hybridized carbons (Fsp3) is 0.750. The summed E-state index contributed by atoms with van der Waals surface area (Å²) in [5.41, 5.74) is -0.847. The second-order valence-corrected chi connectivity index (χ2v) is 11.4. The minimum atomic E-state index is -4.54. The van der Waals surface area contributed by atoms with E-state index in [1.165, 1.54) is 19.2 Å². The molecule has 0 spiro atoms. The highest BCUT2D eigenvalue weighted by molar-refractivity contribution is 7.50. The molecule has 4 atom stereocenters. The lowest BCUT2D eigenvalue weighted by Crippen LogP contribution is -2.37. The SMILES string of the molecule is CCCC(CCC)C(=O)Nc1ccn(C[C@@H]2O[C@H](COP(=O)(O)N[C@H](C)C(=O)OC(C)C)CC2(F)F)c(=O)n1. The predicted molar refractivity (Wildman–Crippen MR) is 138 cm³/mol. The molecule has 2 heterocycles. The van der Waals surface area contributed by atoms with Crippen molar-refractivity contribution in [3.63, 3.8) is 0 Å². The topological polar surface area (TPSA) is 158 Å². The van der Waals surface area contributed by atoms with Crippen LogP contribution in [0.1, 0.15) is 66.7 Å². The van der Waals surface area contributed by atoms with E-state index in [-0.39, 0.29) is 17.6 Å². The van der Waals surface area contributed by atoms with Crippen molar-refractivity contribution in [2.24, 2.45) is 5.92 Å². The highest BCUT2D eigenvalue weighted by Gasteiger charge is 2.50. The van der Waals surface area contributed by atoms with Gasteiger partial charge in [-0.05, 0) is 39.7 Å². The van der Waals surface area contributed by atoms with Crippen molar-refractivity contribution in [1.82, 2.24) is 14.6 Å². The van der Waals surface area contributed by atoms with Crippen molar-refractivity contribution in [3.8, 4) is 0 Å². The highest BCUT2D eigenvalue weighted by Crippen LogP contribution is 2.41. The summed E-state index contributed by atoms with van der Waals surface area (Å²) in [6.45, 7) is 7.27. The summed E-state index contributed by atoms with van der Waals surface area (Å²) in [5.74, 6) is -4.58. The number of nitrogens with one attached hydrogen (secondary N) is 2. The maximum absolute atomic E-state index is 14.6. The lowest BCUT2D eigenvalue weighted by atomic mass is 9.97. The number of halogens is 2. The molecule has 1 fully saturated rings. The molecule has 39 heavy (non-hydrogen) atoms. The molecule has 1 aliphatic heterocycles. The maximum atomic E-state index is 14.6. The summed E-state index contributed by atoms with van der Waals surface area (Å²) in [6.07, 6.45) is 0.0648. The van der Waals surface area contributed by atoms with Gasteiger partial charge in [-0.25, -0.2) is 23.2 Å². The zero-order valence-electron chi connectivity index (χ0n) is 22.9. The monoisotopic (exact) mass is 580 g/mol. The molecule has 3 N–H and O–H groups in total. The van der Waals surface area contributed by atoms with E-state index in [9.17, 15) is 32.6 Å². The number of aromatic nitrogens is 2. The van der Waals surface area contributed by atoms with Crippen LogP contribution in [0.3, 0.4) is 0 Å². The molecule has 222 valence electrons. The van der Waals surface area contributed by atoms with Crippen LogP contribution in [0.5, 0.6) is 0 Å². The van der Waals surface area contributed by atoms with Crippen molar-refractivity contribution < 1.29 is 41.8 Å². The van der Waals surface area contributed by atoms with E-state index in [0.29, 0.717) is 12.8 Å². The number of amides is 1. The molecule has 0 bridgehead atoms. The number of carbonyl (C=O) groups is 2. The molecule has 1 aromatic rings. The second-order valence-electron chi connectivity index (χ2n) is 9.88. The molecule has 1 amide bonds. The summed E-state index contributed by atoms with van der Waals surface area (Å²) < 4.78 is 57.6. The highest BCUT2D eigenvalue weighted by atomic mass is 31.2. The number of anilines is 1. The number of alkyl halides is 2. The van der Waals surface area contributed by atoms with Crippen molar-refractivity contribution in [1.29, 1.82) is 0 Å². The Kier molecular flexibility index (Phi) is 12.2. The molecule has 1 saturated heterocycles. The van der Waals surface area contributed by atoms with E-state index in [1.54, 1.807) is 13.8 Å². The standard InChI is InChI=1S/C24H39F2N4O8P/c1-6-8-17(9-7-2)21(31)27-20-10-11-30(23(33)28-20)13-19-24(25,26)12-18(38-19)14-36-39(34,35)29-16(5)22(32)37-15(3)4/h10-11,15-19H,6-9,12-14H2,1-5H3,(H2,29,34,35)(H,27,28,31,33)/t16-,18+,19+/m1/s1. The van der Waals surface area contributed by atoms with Gasteiger partial charge in [-0.15, -0.1) is 0 Å². The largest absolute Gasteiger partial charge is 0.462 e. The van der Waals surface area contributed by atoms with E-state index in [0.717, 1.165) is 17.4 Å². The molecule has 0 aromatic carbocycles. The summed E-state index contributed by atoms with van der Waals surface area (Å²) in [5, 5.41) is 4.70. The molecule has 0 aliphatic carbocycles. The van der Waals surface area contributed by atoms with E-state index in [4.69, 9.17) is 14.0 Å². The minimum absolute atomic E-state index is 0.0292. The van der Waals surface area contributed by atoms with Crippen LogP contribution in [-0.2, 0) is 34.7 Å². The summed E-state index contributed by atoms with van der Waals surface area (Å²) in [7, 11) is -4.54. The van der Waals surface area contributed by atoms with Gasteiger partial charge in [-0.2, -0.15) is 4.98 Å².